The molecule has 0 spiro atoms. The zero-order valence-corrected chi connectivity index (χ0v) is 12.7. The summed E-state index contributed by atoms with van der Waals surface area (Å²) in [5, 5.41) is 1.17. The van der Waals surface area contributed by atoms with Gasteiger partial charge in [0.1, 0.15) is 5.82 Å². The first-order chi connectivity index (χ1) is 9.11. The minimum absolute atomic E-state index is 0.253. The Morgan fingerprint density at radius 2 is 1.84 bits per heavy atom. The molecule has 0 unspecified atom stereocenters. The van der Waals surface area contributed by atoms with Crippen molar-refractivity contribution in [2.24, 2.45) is 0 Å². The van der Waals surface area contributed by atoms with Gasteiger partial charge in [0, 0.05) is 22.9 Å². The van der Waals surface area contributed by atoms with Crippen LogP contribution >= 0.6 is 15.9 Å². The van der Waals surface area contributed by atoms with Crippen LogP contribution in [0.15, 0.2) is 34.8 Å². The number of hydrogen-bond acceptors (Lipinski definition) is 3. The molecule has 100 valence electrons. The zero-order valence-electron chi connectivity index (χ0n) is 11.1. The molecule has 3 rings (SSSR count). The van der Waals surface area contributed by atoms with E-state index in [2.05, 4.69) is 58.9 Å². The Hall–Kier alpha value is -1.13. The van der Waals surface area contributed by atoms with Crippen LogP contribution in [0.3, 0.4) is 0 Å². The lowest BCUT2D eigenvalue weighted by molar-refractivity contribution is -0.00544. The van der Waals surface area contributed by atoms with Gasteiger partial charge < -0.3 is 9.64 Å². The van der Waals surface area contributed by atoms with Gasteiger partial charge >= 0.3 is 0 Å². The molecule has 0 bridgehead atoms. The quantitative estimate of drug-likeness (QED) is 0.802. The molecule has 3 nitrogen and oxygen atoms in total. The Bertz CT molecular complexity index is 592. The number of aromatic nitrogens is 1. The van der Waals surface area contributed by atoms with Crippen molar-refractivity contribution >= 4 is 32.7 Å². The molecular weight excluding hydrogens is 304 g/mol. The second-order valence-corrected chi connectivity index (χ2v) is 6.08. The molecule has 1 aliphatic heterocycles. The number of morpholine rings is 1. The first kappa shape index (κ1) is 12.9. The fraction of sp³-hybridized carbons (Fsp3) is 0.400. The summed E-state index contributed by atoms with van der Waals surface area (Å²) in [6.07, 6.45) is 0.507. The minimum Gasteiger partial charge on any atom is -0.372 e. The predicted molar refractivity (Wildman–Crippen MR) is 81.7 cm³/mol. The van der Waals surface area contributed by atoms with Crippen molar-refractivity contribution in [1.29, 1.82) is 0 Å². The summed E-state index contributed by atoms with van der Waals surface area (Å²) in [4.78, 5) is 7.07. The molecule has 2 aromatic rings. The number of rotatable bonds is 1. The molecular formula is C15H17BrN2O. The summed E-state index contributed by atoms with van der Waals surface area (Å²) in [7, 11) is 0. The van der Waals surface area contributed by atoms with Gasteiger partial charge in [0.25, 0.3) is 0 Å². The van der Waals surface area contributed by atoms with Gasteiger partial charge in [-0.15, -0.1) is 0 Å². The summed E-state index contributed by atoms with van der Waals surface area (Å²) >= 11 is 3.50. The zero-order chi connectivity index (χ0) is 13.4. The summed E-state index contributed by atoms with van der Waals surface area (Å²) in [6, 6.07) is 10.4. The molecule has 0 radical (unpaired) electrons. The predicted octanol–water partition coefficient (Wildman–Crippen LogP) is 3.61. The number of anilines is 1. The molecule has 1 aromatic carbocycles. The number of hydrogen-bond donors (Lipinski definition) is 0. The SMILES string of the molecule is C[C@@H]1CN(c2ccc3ccc(Br)cc3n2)C[C@H](C)O1. The number of ether oxygens (including phenoxy) is 1. The molecule has 1 aromatic heterocycles. The number of pyridine rings is 1. The lowest BCUT2D eigenvalue weighted by Gasteiger charge is -2.36. The minimum atomic E-state index is 0.253. The van der Waals surface area contributed by atoms with Crippen LogP contribution in [0.25, 0.3) is 10.9 Å². The Balaban J connectivity index is 1.96. The lowest BCUT2D eigenvalue weighted by atomic mass is 10.2. The van der Waals surface area contributed by atoms with Crippen molar-refractivity contribution in [2.75, 3.05) is 18.0 Å². The fourth-order valence-electron chi connectivity index (χ4n) is 2.62. The van der Waals surface area contributed by atoms with E-state index in [9.17, 15) is 0 Å². The number of fused-ring (bicyclic) bond motifs is 1. The maximum absolute atomic E-state index is 5.77. The molecule has 0 N–H and O–H groups in total. The van der Waals surface area contributed by atoms with Crippen LogP contribution in [-0.4, -0.2) is 30.3 Å². The highest BCUT2D eigenvalue weighted by atomic mass is 79.9. The Kier molecular flexibility index (Phi) is 3.46. The van der Waals surface area contributed by atoms with Crippen LogP contribution in [0.5, 0.6) is 0 Å². The highest BCUT2D eigenvalue weighted by Crippen LogP contribution is 2.23. The maximum atomic E-state index is 5.77. The van der Waals surface area contributed by atoms with Crippen molar-refractivity contribution in [2.45, 2.75) is 26.1 Å². The van der Waals surface area contributed by atoms with Crippen molar-refractivity contribution in [3.8, 4) is 0 Å². The van der Waals surface area contributed by atoms with E-state index >= 15 is 0 Å². The molecule has 1 aliphatic rings. The molecule has 2 atom stereocenters. The highest BCUT2D eigenvalue weighted by Gasteiger charge is 2.23. The van der Waals surface area contributed by atoms with Crippen LogP contribution < -0.4 is 4.90 Å². The Morgan fingerprint density at radius 1 is 1.16 bits per heavy atom. The second kappa shape index (κ2) is 5.10. The molecule has 1 fully saturated rings. The van der Waals surface area contributed by atoms with Crippen molar-refractivity contribution < 1.29 is 4.74 Å². The lowest BCUT2D eigenvalue weighted by Crippen LogP contribution is -2.45. The van der Waals surface area contributed by atoms with E-state index in [-0.39, 0.29) is 12.2 Å². The van der Waals surface area contributed by atoms with Gasteiger partial charge in [0.05, 0.1) is 17.7 Å². The average molecular weight is 321 g/mol. The highest BCUT2D eigenvalue weighted by molar-refractivity contribution is 9.10. The number of halogens is 1. The first-order valence-electron chi connectivity index (χ1n) is 6.58. The van der Waals surface area contributed by atoms with Crippen LogP contribution in [0.2, 0.25) is 0 Å². The Labute approximate surface area is 121 Å². The van der Waals surface area contributed by atoms with Crippen molar-refractivity contribution in [3.63, 3.8) is 0 Å². The van der Waals surface area contributed by atoms with Crippen LogP contribution in [0.4, 0.5) is 5.82 Å². The second-order valence-electron chi connectivity index (χ2n) is 5.17. The van der Waals surface area contributed by atoms with E-state index < -0.39 is 0 Å². The summed E-state index contributed by atoms with van der Waals surface area (Å²) in [6.45, 7) is 6.02. The normalized spacial score (nSPS) is 23.8. The maximum Gasteiger partial charge on any atom is 0.129 e. The van der Waals surface area contributed by atoms with E-state index in [1.54, 1.807) is 0 Å². The summed E-state index contributed by atoms with van der Waals surface area (Å²) in [5.74, 6) is 1.03. The van der Waals surface area contributed by atoms with Gasteiger partial charge in [0.2, 0.25) is 0 Å². The molecule has 1 saturated heterocycles. The molecule has 0 aliphatic carbocycles. The number of nitrogens with zero attached hydrogens (tertiary/aromatic N) is 2. The van der Waals surface area contributed by atoms with Gasteiger partial charge in [-0.3, -0.25) is 0 Å². The van der Waals surface area contributed by atoms with Crippen LogP contribution in [0, 0.1) is 0 Å². The molecule has 0 amide bonds. The van der Waals surface area contributed by atoms with E-state index in [0.29, 0.717) is 0 Å². The standard InChI is InChI=1S/C15H17BrN2O/c1-10-8-18(9-11(2)19-10)15-6-4-12-3-5-13(16)7-14(12)17-15/h3-7,10-11H,8-9H2,1-2H3/t10-,11+. The third kappa shape index (κ3) is 2.74. The monoisotopic (exact) mass is 320 g/mol. The van der Waals surface area contributed by atoms with Gasteiger partial charge in [-0.05, 0) is 38.1 Å². The number of benzene rings is 1. The summed E-state index contributed by atoms with van der Waals surface area (Å²) < 4.78 is 6.83. The molecule has 4 heteroatoms. The molecule has 2 heterocycles. The van der Waals surface area contributed by atoms with Crippen LogP contribution in [0.1, 0.15) is 13.8 Å². The van der Waals surface area contributed by atoms with Crippen molar-refractivity contribution in [1.82, 2.24) is 4.98 Å². The third-order valence-electron chi connectivity index (χ3n) is 3.38. The van der Waals surface area contributed by atoms with E-state index in [4.69, 9.17) is 9.72 Å². The molecule has 0 saturated carbocycles. The van der Waals surface area contributed by atoms with Gasteiger partial charge in [-0.25, -0.2) is 4.98 Å². The smallest absolute Gasteiger partial charge is 0.129 e. The third-order valence-corrected chi connectivity index (χ3v) is 3.88. The topological polar surface area (TPSA) is 25.4 Å². The summed E-state index contributed by atoms with van der Waals surface area (Å²) in [5.41, 5.74) is 1.03. The van der Waals surface area contributed by atoms with Gasteiger partial charge in [0.15, 0.2) is 0 Å². The van der Waals surface area contributed by atoms with E-state index in [1.165, 1.54) is 5.39 Å². The molecule has 19 heavy (non-hydrogen) atoms. The van der Waals surface area contributed by atoms with Gasteiger partial charge in [-0.2, -0.15) is 0 Å². The van der Waals surface area contributed by atoms with Gasteiger partial charge in [-0.1, -0.05) is 22.0 Å². The van der Waals surface area contributed by atoms with E-state index in [1.807, 2.05) is 6.07 Å². The Morgan fingerprint density at radius 3 is 2.58 bits per heavy atom. The first-order valence-corrected chi connectivity index (χ1v) is 7.38. The fourth-order valence-corrected chi connectivity index (χ4v) is 2.97. The average Bonchev–Trinajstić information content (AvgIpc) is 2.36. The van der Waals surface area contributed by atoms with Crippen LogP contribution in [-0.2, 0) is 4.74 Å². The largest absolute Gasteiger partial charge is 0.372 e. The van der Waals surface area contributed by atoms with Crippen molar-refractivity contribution in [3.05, 3.63) is 34.8 Å². The van der Waals surface area contributed by atoms with E-state index in [0.717, 1.165) is 28.9 Å².